The van der Waals surface area contributed by atoms with Gasteiger partial charge < -0.3 is 10.6 Å². The van der Waals surface area contributed by atoms with E-state index in [0.29, 0.717) is 0 Å². The Labute approximate surface area is 122 Å². The van der Waals surface area contributed by atoms with Gasteiger partial charge >= 0.3 is 0 Å². The fourth-order valence-corrected chi connectivity index (χ4v) is 2.08. The molecule has 0 saturated heterocycles. The van der Waals surface area contributed by atoms with Crippen LogP contribution >= 0.6 is 0 Å². The van der Waals surface area contributed by atoms with Crippen molar-refractivity contribution in [1.29, 1.82) is 0 Å². The molecular weight excluding hydrogens is 250 g/mol. The monoisotopic (exact) mass is 279 g/mol. The summed E-state index contributed by atoms with van der Waals surface area (Å²) in [5.41, 5.74) is 1.29. The normalized spacial score (nSPS) is 11.7. The van der Waals surface area contributed by atoms with Gasteiger partial charge in [0.05, 0.1) is 6.20 Å². The molecule has 0 radical (unpaired) electrons. The summed E-state index contributed by atoms with van der Waals surface area (Å²) in [4.78, 5) is 4.23. The molecule has 0 bridgehead atoms. The van der Waals surface area contributed by atoms with Gasteiger partial charge in [0.25, 0.3) is 0 Å². The number of hydrogen-bond acceptors (Lipinski definition) is 2. The van der Waals surface area contributed by atoms with E-state index in [4.69, 9.17) is 0 Å². The van der Waals surface area contributed by atoms with Crippen LogP contribution in [0.15, 0.2) is 17.4 Å². The van der Waals surface area contributed by atoms with Crippen LogP contribution in [0.1, 0.15) is 44.6 Å². The lowest BCUT2D eigenvalue weighted by atomic mass is 10.2. The van der Waals surface area contributed by atoms with Crippen molar-refractivity contribution in [3.8, 4) is 0 Å². The first-order valence-corrected chi connectivity index (χ1v) is 7.68. The van der Waals surface area contributed by atoms with E-state index >= 15 is 0 Å². The number of aryl methyl sites for hydroxylation is 2. The molecule has 2 N–H and O–H groups in total. The molecule has 5 heteroatoms. The molecule has 0 unspecified atom stereocenters. The average molecular weight is 279 g/mol. The maximum absolute atomic E-state index is 4.23. The van der Waals surface area contributed by atoms with Crippen molar-refractivity contribution in [2.45, 2.75) is 45.4 Å². The summed E-state index contributed by atoms with van der Waals surface area (Å²) in [6.45, 7) is 4.17. The van der Waals surface area contributed by atoms with Crippen molar-refractivity contribution in [3.05, 3.63) is 18.0 Å². The van der Waals surface area contributed by atoms with Gasteiger partial charge in [-0.3, -0.25) is 9.67 Å². The third-order valence-electron chi connectivity index (χ3n) is 3.24. The Balaban J connectivity index is 2.06. The number of hydrogen-bond donors (Lipinski definition) is 2. The standard InChI is InChI=1S/C15H29N5/c1-4-5-6-7-10-17-15(16-2)18-11-8-9-14-12-19-20(3)13-14/h12-13H,4-11H2,1-3H3,(H2,16,17,18). The Kier molecular flexibility index (Phi) is 8.51. The third-order valence-corrected chi connectivity index (χ3v) is 3.24. The Morgan fingerprint density at radius 3 is 2.55 bits per heavy atom. The molecule has 0 amide bonds. The van der Waals surface area contributed by atoms with Crippen LogP contribution in [-0.2, 0) is 13.5 Å². The van der Waals surface area contributed by atoms with E-state index in [9.17, 15) is 0 Å². The van der Waals surface area contributed by atoms with E-state index in [2.05, 4.69) is 33.8 Å². The highest BCUT2D eigenvalue weighted by atomic mass is 15.2. The molecule has 114 valence electrons. The molecular formula is C15H29N5. The molecule has 1 aromatic heterocycles. The van der Waals surface area contributed by atoms with Gasteiger partial charge in [0.15, 0.2) is 5.96 Å². The van der Waals surface area contributed by atoms with Crippen molar-refractivity contribution in [2.24, 2.45) is 12.0 Å². The topological polar surface area (TPSA) is 54.2 Å². The molecule has 0 aliphatic heterocycles. The quantitative estimate of drug-likeness (QED) is 0.413. The lowest BCUT2D eigenvalue weighted by Crippen LogP contribution is -2.38. The number of aliphatic imine (C=N–C) groups is 1. The van der Waals surface area contributed by atoms with Gasteiger partial charge in [0, 0.05) is 33.4 Å². The van der Waals surface area contributed by atoms with E-state index in [1.54, 1.807) is 0 Å². The fraction of sp³-hybridized carbons (Fsp3) is 0.733. The largest absolute Gasteiger partial charge is 0.356 e. The third kappa shape index (κ3) is 7.16. The second kappa shape index (κ2) is 10.3. The molecule has 0 atom stereocenters. The van der Waals surface area contributed by atoms with Crippen LogP contribution in [-0.4, -0.2) is 35.9 Å². The van der Waals surface area contributed by atoms with Crippen LogP contribution < -0.4 is 10.6 Å². The number of guanidine groups is 1. The van der Waals surface area contributed by atoms with Crippen molar-refractivity contribution in [3.63, 3.8) is 0 Å². The van der Waals surface area contributed by atoms with Crippen molar-refractivity contribution in [2.75, 3.05) is 20.1 Å². The van der Waals surface area contributed by atoms with Gasteiger partial charge in [-0.2, -0.15) is 5.10 Å². The molecule has 0 aliphatic rings. The van der Waals surface area contributed by atoms with Gasteiger partial charge in [-0.25, -0.2) is 0 Å². The van der Waals surface area contributed by atoms with E-state index in [0.717, 1.165) is 31.9 Å². The second-order valence-electron chi connectivity index (χ2n) is 5.11. The molecule has 20 heavy (non-hydrogen) atoms. The van der Waals surface area contributed by atoms with Crippen LogP contribution in [0.3, 0.4) is 0 Å². The van der Waals surface area contributed by atoms with E-state index < -0.39 is 0 Å². The molecule has 1 heterocycles. The van der Waals surface area contributed by atoms with Crippen molar-refractivity contribution in [1.82, 2.24) is 20.4 Å². The maximum Gasteiger partial charge on any atom is 0.190 e. The van der Waals surface area contributed by atoms with Crippen LogP contribution in [0.4, 0.5) is 0 Å². The summed E-state index contributed by atoms with van der Waals surface area (Å²) in [6.07, 6.45) is 11.2. The zero-order valence-electron chi connectivity index (χ0n) is 13.2. The molecule has 5 nitrogen and oxygen atoms in total. The highest BCUT2D eigenvalue weighted by Gasteiger charge is 1.98. The minimum atomic E-state index is 0.910. The summed E-state index contributed by atoms with van der Waals surface area (Å²) >= 11 is 0. The summed E-state index contributed by atoms with van der Waals surface area (Å²) < 4.78 is 1.85. The smallest absolute Gasteiger partial charge is 0.190 e. The molecule has 0 spiro atoms. The number of nitrogens with one attached hydrogen (secondary N) is 2. The maximum atomic E-state index is 4.23. The predicted molar refractivity (Wildman–Crippen MR) is 85.0 cm³/mol. The first kappa shape index (κ1) is 16.5. The number of aromatic nitrogens is 2. The summed E-state index contributed by atoms with van der Waals surface area (Å²) in [7, 11) is 3.77. The van der Waals surface area contributed by atoms with Gasteiger partial charge in [-0.15, -0.1) is 0 Å². The highest BCUT2D eigenvalue weighted by Crippen LogP contribution is 2.00. The Morgan fingerprint density at radius 2 is 1.95 bits per heavy atom. The molecule has 1 aromatic rings. The fourth-order valence-electron chi connectivity index (χ4n) is 2.08. The SMILES string of the molecule is CCCCCCNC(=NC)NCCCc1cnn(C)c1. The molecule has 0 aliphatic carbocycles. The minimum Gasteiger partial charge on any atom is -0.356 e. The Morgan fingerprint density at radius 1 is 1.20 bits per heavy atom. The van der Waals surface area contributed by atoms with E-state index in [1.807, 2.05) is 25.0 Å². The zero-order valence-corrected chi connectivity index (χ0v) is 13.2. The molecule has 0 saturated carbocycles. The number of rotatable bonds is 9. The lowest BCUT2D eigenvalue weighted by Gasteiger charge is -2.11. The predicted octanol–water partition coefficient (Wildman–Crippen LogP) is 2.10. The van der Waals surface area contributed by atoms with E-state index in [-0.39, 0.29) is 0 Å². The van der Waals surface area contributed by atoms with Crippen LogP contribution in [0, 0.1) is 0 Å². The van der Waals surface area contributed by atoms with Crippen molar-refractivity contribution >= 4 is 5.96 Å². The molecule has 0 fully saturated rings. The van der Waals surface area contributed by atoms with Gasteiger partial charge in [-0.05, 0) is 24.8 Å². The first-order valence-electron chi connectivity index (χ1n) is 7.68. The van der Waals surface area contributed by atoms with Gasteiger partial charge in [0.2, 0.25) is 0 Å². The van der Waals surface area contributed by atoms with Gasteiger partial charge in [0.1, 0.15) is 0 Å². The van der Waals surface area contributed by atoms with Crippen molar-refractivity contribution < 1.29 is 0 Å². The lowest BCUT2D eigenvalue weighted by molar-refractivity contribution is 0.645. The number of unbranched alkanes of at least 4 members (excludes halogenated alkanes) is 3. The summed E-state index contributed by atoms with van der Waals surface area (Å²) in [6, 6.07) is 0. The highest BCUT2D eigenvalue weighted by molar-refractivity contribution is 5.79. The van der Waals surface area contributed by atoms with E-state index in [1.165, 1.54) is 31.2 Å². The minimum absolute atomic E-state index is 0.910. The molecule has 1 rings (SSSR count). The summed E-state index contributed by atoms with van der Waals surface area (Å²) in [5.74, 6) is 0.910. The molecule has 0 aromatic carbocycles. The van der Waals surface area contributed by atoms with Gasteiger partial charge in [-0.1, -0.05) is 26.2 Å². The van der Waals surface area contributed by atoms with Crippen LogP contribution in [0.2, 0.25) is 0 Å². The second-order valence-corrected chi connectivity index (χ2v) is 5.11. The Bertz CT molecular complexity index is 383. The van der Waals surface area contributed by atoms with Crippen LogP contribution in [0.25, 0.3) is 0 Å². The zero-order chi connectivity index (χ0) is 14.6. The van der Waals surface area contributed by atoms with Crippen LogP contribution in [0.5, 0.6) is 0 Å². The number of nitrogens with zero attached hydrogens (tertiary/aromatic N) is 3. The first-order chi connectivity index (χ1) is 9.76. The Hall–Kier alpha value is -1.52. The average Bonchev–Trinajstić information content (AvgIpc) is 2.86. The summed E-state index contributed by atoms with van der Waals surface area (Å²) in [5, 5.41) is 10.9.